The maximum atomic E-state index is 13.5. The second-order valence-electron chi connectivity index (χ2n) is 4.01. The highest BCUT2D eigenvalue weighted by Crippen LogP contribution is 2.23. The maximum absolute atomic E-state index is 13.5. The van der Waals surface area contributed by atoms with Crippen molar-refractivity contribution in [1.82, 2.24) is 5.32 Å². The molecule has 17 heavy (non-hydrogen) atoms. The van der Waals surface area contributed by atoms with Crippen molar-refractivity contribution in [1.29, 1.82) is 0 Å². The summed E-state index contributed by atoms with van der Waals surface area (Å²) in [5, 5.41) is 2.83. The van der Waals surface area contributed by atoms with E-state index in [1.165, 1.54) is 12.1 Å². The molecule has 0 fully saturated rings. The summed E-state index contributed by atoms with van der Waals surface area (Å²) in [4.78, 5) is 0. The van der Waals surface area contributed by atoms with Gasteiger partial charge in [-0.05, 0) is 44.7 Å². The van der Waals surface area contributed by atoms with Gasteiger partial charge in [-0.3, -0.25) is 0 Å². The molecule has 0 saturated carbocycles. The molecule has 0 saturated heterocycles. The molecule has 1 aromatic rings. The molecule has 1 aromatic carbocycles. The minimum Gasteiger partial charge on any atom is -0.483 e. The van der Waals surface area contributed by atoms with Gasteiger partial charge < -0.3 is 10.1 Å². The Bertz CT molecular complexity index is 389. The number of benzene rings is 1. The van der Waals surface area contributed by atoms with Gasteiger partial charge in [0.25, 0.3) is 0 Å². The minimum atomic E-state index is -0.669. The molecule has 94 valence electrons. The summed E-state index contributed by atoms with van der Waals surface area (Å²) in [5.41, 5.74) is 1.59. The van der Waals surface area contributed by atoms with Gasteiger partial charge in [0.15, 0.2) is 17.4 Å². The lowest BCUT2D eigenvalue weighted by molar-refractivity contribution is 0.319. The zero-order chi connectivity index (χ0) is 12.8. The molecule has 0 aliphatic rings. The predicted octanol–water partition coefficient (Wildman–Crippen LogP) is 3.03. The maximum Gasteiger partial charge on any atom is 0.191 e. The molecule has 1 N–H and O–H groups in total. The number of halogens is 2. The van der Waals surface area contributed by atoms with Crippen LogP contribution in [0.5, 0.6) is 5.75 Å². The van der Waals surface area contributed by atoms with Crippen molar-refractivity contribution >= 4 is 0 Å². The van der Waals surface area contributed by atoms with Crippen molar-refractivity contribution in [2.45, 2.75) is 20.4 Å². The largest absolute Gasteiger partial charge is 0.483 e. The SMILES string of the molecule is CNCc1cc(F)c(OCC=C(C)C)c(F)c1. The molecular formula is C13H17F2NO. The van der Waals surface area contributed by atoms with E-state index in [9.17, 15) is 8.78 Å². The Balaban J connectivity index is 2.82. The molecule has 4 heteroatoms. The number of hydrogen-bond donors (Lipinski definition) is 1. The van der Waals surface area contributed by atoms with Crippen LogP contribution in [0, 0.1) is 11.6 Å². The first-order valence-corrected chi connectivity index (χ1v) is 5.43. The molecule has 0 radical (unpaired) electrons. The van der Waals surface area contributed by atoms with Crippen molar-refractivity contribution in [3.05, 3.63) is 41.0 Å². The second-order valence-corrected chi connectivity index (χ2v) is 4.01. The third kappa shape index (κ3) is 4.15. The third-order valence-corrected chi connectivity index (χ3v) is 2.16. The van der Waals surface area contributed by atoms with Crippen molar-refractivity contribution in [3.8, 4) is 5.75 Å². The second kappa shape index (κ2) is 6.35. The van der Waals surface area contributed by atoms with Crippen molar-refractivity contribution in [2.24, 2.45) is 0 Å². The van der Waals surface area contributed by atoms with Gasteiger partial charge in [0, 0.05) is 6.54 Å². The summed E-state index contributed by atoms with van der Waals surface area (Å²) >= 11 is 0. The van der Waals surface area contributed by atoms with Gasteiger partial charge in [-0.25, -0.2) is 8.78 Å². The normalized spacial score (nSPS) is 10.2. The minimum absolute atomic E-state index is 0.168. The van der Waals surface area contributed by atoms with Crippen LogP contribution in [0.25, 0.3) is 0 Å². The van der Waals surface area contributed by atoms with Crippen molar-refractivity contribution < 1.29 is 13.5 Å². The first kappa shape index (κ1) is 13.6. The van der Waals surface area contributed by atoms with E-state index >= 15 is 0 Å². The summed E-state index contributed by atoms with van der Waals surface area (Å²) in [6.45, 7) is 4.38. The molecule has 0 heterocycles. The van der Waals surface area contributed by atoms with E-state index in [0.717, 1.165) is 5.57 Å². The Morgan fingerprint density at radius 2 is 1.88 bits per heavy atom. The highest BCUT2D eigenvalue weighted by Gasteiger charge is 2.11. The van der Waals surface area contributed by atoms with Crippen LogP contribution in [-0.4, -0.2) is 13.7 Å². The lowest BCUT2D eigenvalue weighted by Crippen LogP contribution is -2.07. The first-order valence-electron chi connectivity index (χ1n) is 5.43. The van der Waals surface area contributed by atoms with Gasteiger partial charge in [-0.1, -0.05) is 5.57 Å². The lowest BCUT2D eigenvalue weighted by Gasteiger charge is -2.08. The zero-order valence-electron chi connectivity index (χ0n) is 10.3. The van der Waals surface area contributed by atoms with Crippen LogP contribution in [0.1, 0.15) is 19.4 Å². The highest BCUT2D eigenvalue weighted by atomic mass is 19.1. The van der Waals surface area contributed by atoms with E-state index in [2.05, 4.69) is 5.32 Å². The summed E-state index contributed by atoms with van der Waals surface area (Å²) in [7, 11) is 1.72. The number of nitrogens with one attached hydrogen (secondary N) is 1. The number of allylic oxidation sites excluding steroid dienone is 1. The van der Waals surface area contributed by atoms with E-state index < -0.39 is 11.6 Å². The highest BCUT2D eigenvalue weighted by molar-refractivity contribution is 5.31. The average Bonchev–Trinajstić information content (AvgIpc) is 2.22. The van der Waals surface area contributed by atoms with Gasteiger partial charge in [-0.15, -0.1) is 0 Å². The van der Waals surface area contributed by atoms with E-state index in [0.29, 0.717) is 12.1 Å². The van der Waals surface area contributed by atoms with E-state index in [1.54, 1.807) is 13.1 Å². The van der Waals surface area contributed by atoms with E-state index in [-0.39, 0.29) is 12.4 Å². The van der Waals surface area contributed by atoms with E-state index in [1.807, 2.05) is 13.8 Å². The van der Waals surface area contributed by atoms with Gasteiger partial charge in [0.2, 0.25) is 0 Å². The summed E-state index contributed by atoms with van der Waals surface area (Å²) < 4.78 is 32.2. The van der Waals surface area contributed by atoms with Crippen LogP contribution in [-0.2, 0) is 6.54 Å². The van der Waals surface area contributed by atoms with Gasteiger partial charge in [0.05, 0.1) is 0 Å². The third-order valence-electron chi connectivity index (χ3n) is 2.16. The monoisotopic (exact) mass is 241 g/mol. The van der Waals surface area contributed by atoms with Crippen LogP contribution in [0.15, 0.2) is 23.8 Å². The first-order chi connectivity index (χ1) is 8.04. The molecule has 0 bridgehead atoms. The standard InChI is InChI=1S/C13H17F2NO/c1-9(2)4-5-17-13-11(14)6-10(8-16-3)7-12(13)15/h4,6-7,16H,5,8H2,1-3H3. The Kier molecular flexibility index (Phi) is 5.10. The molecule has 0 amide bonds. The molecule has 1 rings (SSSR count). The topological polar surface area (TPSA) is 21.3 Å². The fourth-order valence-corrected chi connectivity index (χ4v) is 1.35. The molecule has 0 aliphatic heterocycles. The molecule has 0 unspecified atom stereocenters. The van der Waals surface area contributed by atoms with E-state index in [4.69, 9.17) is 4.74 Å². The summed E-state index contributed by atoms with van der Waals surface area (Å²) in [6.07, 6.45) is 1.76. The Hall–Kier alpha value is -1.42. The van der Waals surface area contributed by atoms with Gasteiger partial charge >= 0.3 is 0 Å². The smallest absolute Gasteiger partial charge is 0.191 e. The molecule has 0 aromatic heterocycles. The molecule has 0 atom stereocenters. The zero-order valence-corrected chi connectivity index (χ0v) is 10.3. The van der Waals surface area contributed by atoms with Crippen LogP contribution in [0.2, 0.25) is 0 Å². The number of ether oxygens (including phenoxy) is 1. The quantitative estimate of drug-likeness (QED) is 0.800. The number of rotatable bonds is 5. The Morgan fingerprint density at radius 3 is 2.35 bits per heavy atom. The van der Waals surface area contributed by atoms with Crippen LogP contribution < -0.4 is 10.1 Å². The van der Waals surface area contributed by atoms with Crippen LogP contribution in [0.4, 0.5) is 8.78 Å². The van der Waals surface area contributed by atoms with Crippen LogP contribution in [0.3, 0.4) is 0 Å². The molecule has 2 nitrogen and oxygen atoms in total. The average molecular weight is 241 g/mol. The van der Waals surface area contributed by atoms with Crippen molar-refractivity contribution in [3.63, 3.8) is 0 Å². The van der Waals surface area contributed by atoms with Gasteiger partial charge in [0.1, 0.15) is 6.61 Å². The Labute approximate surface area is 100 Å². The molecular weight excluding hydrogens is 224 g/mol. The fourth-order valence-electron chi connectivity index (χ4n) is 1.35. The number of hydrogen-bond acceptors (Lipinski definition) is 2. The Morgan fingerprint density at radius 1 is 1.29 bits per heavy atom. The van der Waals surface area contributed by atoms with Gasteiger partial charge in [-0.2, -0.15) is 0 Å². The predicted molar refractivity (Wildman–Crippen MR) is 64.0 cm³/mol. The van der Waals surface area contributed by atoms with Crippen LogP contribution >= 0.6 is 0 Å². The summed E-state index contributed by atoms with van der Waals surface area (Å²) in [6, 6.07) is 2.55. The van der Waals surface area contributed by atoms with Crippen molar-refractivity contribution in [2.75, 3.05) is 13.7 Å². The molecule has 0 spiro atoms. The summed E-state index contributed by atoms with van der Waals surface area (Å²) in [5.74, 6) is -1.66. The lowest BCUT2D eigenvalue weighted by atomic mass is 10.2. The fraction of sp³-hybridized carbons (Fsp3) is 0.385. The molecule has 0 aliphatic carbocycles.